The SMILES string of the molecule is Cc1nn(CC(=O)Nc2ccn(Cc3cccc(C(F)(F)F)c3)n2)c2nccc(-c3ccccc3)c12. The smallest absolute Gasteiger partial charge is 0.308 e. The molecule has 0 unspecified atom stereocenters. The Kier molecular flexibility index (Phi) is 6.01. The molecule has 0 fully saturated rings. The van der Waals surface area contributed by atoms with Gasteiger partial charge in [0.15, 0.2) is 11.5 Å². The molecular weight excluding hydrogens is 469 g/mol. The molecule has 2 aromatic carbocycles. The number of nitrogens with one attached hydrogen (secondary N) is 1. The van der Waals surface area contributed by atoms with Gasteiger partial charge in [-0.05, 0) is 41.8 Å². The summed E-state index contributed by atoms with van der Waals surface area (Å²) in [7, 11) is 0. The zero-order chi connectivity index (χ0) is 25.3. The number of benzene rings is 2. The Morgan fingerprint density at radius 3 is 2.58 bits per heavy atom. The van der Waals surface area contributed by atoms with Crippen LogP contribution in [0, 0.1) is 6.92 Å². The minimum absolute atomic E-state index is 0.0733. The second kappa shape index (κ2) is 9.29. The number of nitrogens with zero attached hydrogens (tertiary/aromatic N) is 5. The first-order chi connectivity index (χ1) is 17.3. The number of fused-ring (bicyclic) bond motifs is 1. The van der Waals surface area contributed by atoms with E-state index in [-0.39, 0.29) is 24.8 Å². The van der Waals surface area contributed by atoms with Gasteiger partial charge in [-0.3, -0.25) is 9.48 Å². The van der Waals surface area contributed by atoms with Crippen molar-refractivity contribution in [3.63, 3.8) is 0 Å². The molecule has 36 heavy (non-hydrogen) atoms. The van der Waals surface area contributed by atoms with Gasteiger partial charge in [0.05, 0.1) is 17.8 Å². The number of carbonyl (C=O) groups is 1. The lowest BCUT2D eigenvalue weighted by atomic mass is 10.0. The molecule has 7 nitrogen and oxygen atoms in total. The van der Waals surface area contributed by atoms with E-state index in [1.807, 2.05) is 43.3 Å². The van der Waals surface area contributed by atoms with Crippen molar-refractivity contribution in [3.05, 3.63) is 95.9 Å². The monoisotopic (exact) mass is 490 g/mol. The predicted octanol–water partition coefficient (Wildman–Crippen LogP) is 5.31. The van der Waals surface area contributed by atoms with E-state index in [1.165, 1.54) is 10.7 Å². The largest absolute Gasteiger partial charge is 0.416 e. The molecule has 5 aromatic rings. The first-order valence-electron chi connectivity index (χ1n) is 11.1. The van der Waals surface area contributed by atoms with E-state index < -0.39 is 11.7 Å². The van der Waals surface area contributed by atoms with Gasteiger partial charge in [0.1, 0.15) is 6.54 Å². The van der Waals surface area contributed by atoms with E-state index in [2.05, 4.69) is 20.5 Å². The summed E-state index contributed by atoms with van der Waals surface area (Å²) in [6.45, 7) is 1.94. The van der Waals surface area contributed by atoms with Crippen LogP contribution in [0.15, 0.2) is 79.1 Å². The van der Waals surface area contributed by atoms with Gasteiger partial charge in [-0.25, -0.2) is 9.67 Å². The highest BCUT2D eigenvalue weighted by molar-refractivity contribution is 5.96. The summed E-state index contributed by atoms with van der Waals surface area (Å²) in [5.41, 5.74) is 3.10. The number of hydrogen-bond acceptors (Lipinski definition) is 4. The lowest BCUT2D eigenvalue weighted by molar-refractivity contribution is -0.137. The molecule has 3 heterocycles. The van der Waals surface area contributed by atoms with Crippen LogP contribution < -0.4 is 5.32 Å². The van der Waals surface area contributed by atoms with Crippen molar-refractivity contribution in [3.8, 4) is 11.1 Å². The molecule has 1 amide bonds. The molecule has 0 aliphatic carbocycles. The summed E-state index contributed by atoms with van der Waals surface area (Å²) in [5.74, 6) is -0.0614. The lowest BCUT2D eigenvalue weighted by Gasteiger charge is -2.09. The highest BCUT2D eigenvalue weighted by Gasteiger charge is 2.30. The number of hydrogen-bond donors (Lipinski definition) is 1. The van der Waals surface area contributed by atoms with Crippen LogP contribution in [0.4, 0.5) is 19.0 Å². The Labute approximate surface area is 204 Å². The zero-order valence-corrected chi connectivity index (χ0v) is 19.2. The molecule has 0 spiro atoms. The van der Waals surface area contributed by atoms with Gasteiger partial charge in [-0.1, -0.05) is 42.5 Å². The maximum Gasteiger partial charge on any atom is 0.416 e. The van der Waals surface area contributed by atoms with Gasteiger partial charge in [-0.2, -0.15) is 23.4 Å². The van der Waals surface area contributed by atoms with Crippen LogP contribution >= 0.6 is 0 Å². The molecule has 1 N–H and O–H groups in total. The van der Waals surface area contributed by atoms with E-state index >= 15 is 0 Å². The second-order valence-electron chi connectivity index (χ2n) is 8.31. The van der Waals surface area contributed by atoms with Crippen LogP contribution in [-0.4, -0.2) is 30.5 Å². The first kappa shape index (κ1) is 23.3. The van der Waals surface area contributed by atoms with Crippen molar-refractivity contribution in [1.29, 1.82) is 0 Å². The van der Waals surface area contributed by atoms with Gasteiger partial charge in [0, 0.05) is 23.8 Å². The van der Waals surface area contributed by atoms with Crippen LogP contribution in [-0.2, 0) is 24.1 Å². The van der Waals surface area contributed by atoms with Crippen molar-refractivity contribution >= 4 is 22.8 Å². The molecule has 0 saturated carbocycles. The number of halogens is 3. The minimum Gasteiger partial charge on any atom is -0.308 e. The maximum atomic E-state index is 13.0. The van der Waals surface area contributed by atoms with Gasteiger partial charge in [0.25, 0.3) is 0 Å². The lowest BCUT2D eigenvalue weighted by Crippen LogP contribution is -2.20. The van der Waals surface area contributed by atoms with Crippen LogP contribution in [0.2, 0.25) is 0 Å². The fraction of sp³-hybridized carbons (Fsp3) is 0.154. The molecule has 0 bridgehead atoms. The van der Waals surface area contributed by atoms with Crippen LogP contribution in [0.5, 0.6) is 0 Å². The first-order valence-corrected chi connectivity index (χ1v) is 11.1. The summed E-state index contributed by atoms with van der Waals surface area (Å²) < 4.78 is 41.9. The Hall–Kier alpha value is -4.47. The molecule has 0 aliphatic heterocycles. The summed E-state index contributed by atoms with van der Waals surface area (Å²) in [4.78, 5) is 17.2. The molecule has 3 aromatic heterocycles. The third-order valence-electron chi connectivity index (χ3n) is 5.69. The van der Waals surface area contributed by atoms with E-state index in [4.69, 9.17) is 0 Å². The number of pyridine rings is 1. The van der Waals surface area contributed by atoms with Gasteiger partial charge < -0.3 is 5.32 Å². The third kappa shape index (κ3) is 4.83. The zero-order valence-electron chi connectivity index (χ0n) is 19.2. The summed E-state index contributed by atoms with van der Waals surface area (Å²) in [5, 5.41) is 12.4. The molecule has 182 valence electrons. The third-order valence-corrected chi connectivity index (χ3v) is 5.69. The van der Waals surface area contributed by atoms with Crippen LogP contribution in [0.3, 0.4) is 0 Å². The number of aromatic nitrogens is 5. The summed E-state index contributed by atoms with van der Waals surface area (Å²) in [6, 6.07) is 18.5. The molecule has 0 aliphatic rings. The van der Waals surface area contributed by atoms with Crippen molar-refractivity contribution in [2.75, 3.05) is 5.32 Å². The van der Waals surface area contributed by atoms with E-state index in [0.717, 1.165) is 34.3 Å². The Morgan fingerprint density at radius 1 is 1.00 bits per heavy atom. The van der Waals surface area contributed by atoms with Gasteiger partial charge in [0.2, 0.25) is 5.91 Å². The number of amides is 1. The Bertz CT molecular complexity index is 1540. The standard InChI is InChI=1S/C26H21F3N6O/c1-17-24-21(19-7-3-2-4-8-19)10-12-30-25(24)35(32-17)16-23(36)31-22-11-13-34(33-22)15-18-6-5-9-20(14-18)26(27,28)29/h2-14H,15-16H2,1H3,(H,31,33,36). The molecular formula is C26H21F3N6O. The number of carbonyl (C=O) groups excluding carboxylic acids is 1. The average Bonchev–Trinajstić information content (AvgIpc) is 3.42. The average molecular weight is 490 g/mol. The van der Waals surface area contributed by atoms with E-state index in [0.29, 0.717) is 11.2 Å². The number of anilines is 1. The quantitative estimate of drug-likeness (QED) is 0.350. The fourth-order valence-electron chi connectivity index (χ4n) is 4.12. The topological polar surface area (TPSA) is 77.6 Å². The van der Waals surface area contributed by atoms with Gasteiger partial charge >= 0.3 is 6.18 Å². The second-order valence-corrected chi connectivity index (χ2v) is 8.31. The van der Waals surface area contributed by atoms with Crippen molar-refractivity contribution < 1.29 is 18.0 Å². The normalized spacial score (nSPS) is 11.7. The van der Waals surface area contributed by atoms with E-state index in [9.17, 15) is 18.0 Å². The molecule has 10 heteroatoms. The number of rotatable bonds is 6. The van der Waals surface area contributed by atoms with Crippen molar-refractivity contribution in [1.82, 2.24) is 24.5 Å². The van der Waals surface area contributed by atoms with E-state index in [1.54, 1.807) is 29.2 Å². The highest BCUT2D eigenvalue weighted by atomic mass is 19.4. The number of aryl methyl sites for hydroxylation is 1. The highest BCUT2D eigenvalue weighted by Crippen LogP contribution is 2.30. The minimum atomic E-state index is -4.41. The summed E-state index contributed by atoms with van der Waals surface area (Å²) >= 11 is 0. The van der Waals surface area contributed by atoms with Crippen LogP contribution in [0.25, 0.3) is 22.2 Å². The molecule has 0 atom stereocenters. The predicted molar refractivity (Wildman–Crippen MR) is 129 cm³/mol. The maximum absolute atomic E-state index is 13.0. The van der Waals surface area contributed by atoms with Gasteiger partial charge in [-0.15, -0.1) is 0 Å². The van der Waals surface area contributed by atoms with Crippen molar-refractivity contribution in [2.45, 2.75) is 26.2 Å². The number of alkyl halides is 3. The molecule has 0 radical (unpaired) electrons. The Morgan fingerprint density at radius 2 is 1.81 bits per heavy atom. The molecule has 5 rings (SSSR count). The molecule has 0 saturated heterocycles. The Balaban J connectivity index is 1.30. The fourth-order valence-corrected chi connectivity index (χ4v) is 4.12. The van der Waals surface area contributed by atoms with Crippen LogP contribution in [0.1, 0.15) is 16.8 Å². The summed E-state index contributed by atoms with van der Waals surface area (Å²) in [6.07, 6.45) is -1.13. The van der Waals surface area contributed by atoms with Crippen molar-refractivity contribution in [2.24, 2.45) is 0 Å².